The summed E-state index contributed by atoms with van der Waals surface area (Å²) in [5.74, 6) is 0.911. The molecule has 8 nitrogen and oxygen atoms in total. The number of ether oxygens (including phenoxy) is 2. The van der Waals surface area contributed by atoms with Crippen LogP contribution in [0, 0.1) is 0 Å². The Bertz CT molecular complexity index is 414. The van der Waals surface area contributed by atoms with Crippen LogP contribution < -0.4 is 5.32 Å². The molecule has 0 aromatic carbocycles. The molecule has 0 radical (unpaired) electrons. The number of hydrogen-bond donors (Lipinski definition) is 6. The van der Waals surface area contributed by atoms with E-state index in [0.717, 1.165) is 25.0 Å². The van der Waals surface area contributed by atoms with Crippen LogP contribution in [0.3, 0.4) is 0 Å². The minimum absolute atomic E-state index is 0.0498. The molecule has 1 fully saturated rings. The van der Waals surface area contributed by atoms with E-state index < -0.39 is 37.3 Å². The van der Waals surface area contributed by atoms with Gasteiger partial charge in [-0.3, -0.25) is 4.79 Å². The van der Waals surface area contributed by atoms with Gasteiger partial charge in [0.1, 0.15) is 24.4 Å². The van der Waals surface area contributed by atoms with Crippen molar-refractivity contribution in [3.05, 3.63) is 0 Å². The van der Waals surface area contributed by atoms with Crippen LogP contribution in [0.25, 0.3) is 0 Å². The average Bonchev–Trinajstić information content (AvgIpc) is 2.69. The Morgan fingerprint density at radius 1 is 0.929 bits per heavy atom. The zero-order valence-corrected chi connectivity index (χ0v) is 17.4. The molecule has 1 aliphatic rings. The minimum atomic E-state index is -1.46. The van der Waals surface area contributed by atoms with E-state index >= 15 is 0 Å². The Balaban J connectivity index is 2.03. The van der Waals surface area contributed by atoms with E-state index in [2.05, 4.69) is 17.9 Å². The van der Waals surface area contributed by atoms with Gasteiger partial charge in [-0.25, -0.2) is 0 Å². The lowest BCUT2D eigenvalue weighted by Crippen LogP contribution is -2.59. The van der Waals surface area contributed by atoms with Gasteiger partial charge in [-0.1, -0.05) is 38.5 Å². The molecule has 0 bridgehead atoms. The zero-order chi connectivity index (χ0) is 20.8. The first-order chi connectivity index (χ1) is 13.5. The summed E-state index contributed by atoms with van der Waals surface area (Å²) in [7, 11) is 0. The molecule has 166 valence electrons. The molecule has 1 aliphatic heterocycles. The lowest BCUT2D eigenvalue weighted by Gasteiger charge is -2.39. The Morgan fingerprint density at radius 2 is 1.54 bits per heavy atom. The van der Waals surface area contributed by atoms with Gasteiger partial charge in [0.25, 0.3) is 0 Å². The van der Waals surface area contributed by atoms with Gasteiger partial charge in [0.05, 0.1) is 13.2 Å². The predicted molar refractivity (Wildman–Crippen MR) is 108 cm³/mol. The summed E-state index contributed by atoms with van der Waals surface area (Å²) >= 11 is 4.20. The molecule has 28 heavy (non-hydrogen) atoms. The zero-order valence-electron chi connectivity index (χ0n) is 16.5. The third-order valence-electron chi connectivity index (χ3n) is 4.87. The fraction of sp³-hybridized carbons (Fsp3) is 0.947. The van der Waals surface area contributed by atoms with Crippen molar-refractivity contribution in [1.82, 2.24) is 5.32 Å². The number of amides is 1. The normalized spacial score (nSPS) is 27.7. The van der Waals surface area contributed by atoms with Gasteiger partial charge in [0.15, 0.2) is 6.29 Å². The van der Waals surface area contributed by atoms with Crippen molar-refractivity contribution in [2.45, 2.75) is 88.5 Å². The molecule has 1 amide bonds. The molecule has 0 aromatic rings. The van der Waals surface area contributed by atoms with Gasteiger partial charge in [-0.2, -0.15) is 12.6 Å². The summed E-state index contributed by atoms with van der Waals surface area (Å²) in [6.07, 6.45) is 3.20. The van der Waals surface area contributed by atoms with Crippen LogP contribution >= 0.6 is 12.6 Å². The maximum absolute atomic E-state index is 11.8. The predicted octanol–water partition coefficient (Wildman–Crippen LogP) is 0.360. The molecular formula is C19H37NO7S. The molecule has 0 saturated carbocycles. The summed E-state index contributed by atoms with van der Waals surface area (Å²) in [5.41, 5.74) is 0. The molecule has 0 spiro atoms. The number of hydrogen-bond acceptors (Lipinski definition) is 8. The molecule has 1 saturated heterocycles. The summed E-state index contributed by atoms with van der Waals surface area (Å²) < 4.78 is 10.5. The molecule has 9 heteroatoms. The van der Waals surface area contributed by atoms with Crippen LogP contribution in [0.15, 0.2) is 0 Å². The molecule has 5 N–H and O–H groups in total. The smallest absolute Gasteiger partial charge is 0.220 e. The topological polar surface area (TPSA) is 128 Å². The Hall–Kier alpha value is -0.420. The largest absolute Gasteiger partial charge is 0.394 e. The fourth-order valence-corrected chi connectivity index (χ4v) is 3.34. The van der Waals surface area contributed by atoms with Crippen molar-refractivity contribution in [2.75, 3.05) is 25.5 Å². The van der Waals surface area contributed by atoms with Crippen LogP contribution in [0.5, 0.6) is 0 Å². The van der Waals surface area contributed by atoms with Crippen molar-refractivity contribution in [3.63, 3.8) is 0 Å². The second kappa shape index (κ2) is 15.4. The van der Waals surface area contributed by atoms with E-state index in [1.54, 1.807) is 0 Å². The minimum Gasteiger partial charge on any atom is -0.394 e. The maximum Gasteiger partial charge on any atom is 0.220 e. The van der Waals surface area contributed by atoms with Crippen LogP contribution in [-0.2, 0) is 14.3 Å². The van der Waals surface area contributed by atoms with Gasteiger partial charge in [-0.05, 0) is 18.6 Å². The maximum atomic E-state index is 11.8. The lowest BCUT2D eigenvalue weighted by molar-refractivity contribution is -0.300. The van der Waals surface area contributed by atoms with E-state index in [0.29, 0.717) is 6.42 Å². The van der Waals surface area contributed by atoms with Crippen molar-refractivity contribution in [2.24, 2.45) is 0 Å². The molecular weight excluding hydrogens is 386 g/mol. The summed E-state index contributed by atoms with van der Waals surface area (Å²) in [6, 6.07) is 0. The molecule has 1 heterocycles. The highest BCUT2D eigenvalue weighted by atomic mass is 32.1. The summed E-state index contributed by atoms with van der Waals surface area (Å²) in [4.78, 5) is 11.8. The standard InChI is InChI=1S/C19H37NO7S/c21-13-14-16(23)17(24)18(25)19(27-14)26-11-10-20-15(22)9-7-5-3-1-2-4-6-8-12-28/h14,16-19,21,23-25,28H,1-13H2,(H,20,22)/t14-,16-,17+,18+,19+/m1/s1. The second-order valence-electron chi connectivity index (χ2n) is 7.22. The van der Waals surface area contributed by atoms with Gasteiger partial charge >= 0.3 is 0 Å². The van der Waals surface area contributed by atoms with Gasteiger partial charge in [0, 0.05) is 13.0 Å². The van der Waals surface area contributed by atoms with Crippen LogP contribution in [-0.4, -0.2) is 82.6 Å². The first-order valence-electron chi connectivity index (χ1n) is 10.3. The fourth-order valence-electron chi connectivity index (χ4n) is 3.12. The number of aliphatic hydroxyl groups is 4. The highest BCUT2D eigenvalue weighted by Gasteiger charge is 2.43. The van der Waals surface area contributed by atoms with Gasteiger partial charge in [-0.15, -0.1) is 0 Å². The lowest BCUT2D eigenvalue weighted by atomic mass is 9.99. The van der Waals surface area contributed by atoms with Crippen molar-refractivity contribution in [1.29, 1.82) is 0 Å². The first kappa shape index (κ1) is 25.6. The number of carbonyl (C=O) groups excluding carboxylic acids is 1. The molecule has 0 aliphatic carbocycles. The Morgan fingerprint density at radius 3 is 2.14 bits per heavy atom. The quantitative estimate of drug-likeness (QED) is 0.166. The third-order valence-corrected chi connectivity index (χ3v) is 5.18. The number of thiol groups is 1. The van der Waals surface area contributed by atoms with E-state index in [1.165, 1.54) is 32.1 Å². The highest BCUT2D eigenvalue weighted by Crippen LogP contribution is 2.21. The van der Waals surface area contributed by atoms with Gasteiger partial charge in [0.2, 0.25) is 5.91 Å². The van der Waals surface area contributed by atoms with Crippen LogP contribution in [0.2, 0.25) is 0 Å². The first-order valence-corrected chi connectivity index (χ1v) is 10.9. The Kier molecular flexibility index (Phi) is 14.1. The SMILES string of the molecule is O=C(CCCCCCCCCCS)NCCO[C@H]1O[C@H](CO)[C@@H](O)[C@H](O)[C@@H]1O. The second-order valence-corrected chi connectivity index (χ2v) is 7.67. The molecule has 1 rings (SSSR count). The van der Waals surface area contributed by atoms with Crippen LogP contribution in [0.4, 0.5) is 0 Å². The Labute approximate surface area is 173 Å². The van der Waals surface area contributed by atoms with E-state index in [9.17, 15) is 20.1 Å². The number of aliphatic hydroxyl groups excluding tert-OH is 4. The molecule has 0 aromatic heterocycles. The van der Waals surface area contributed by atoms with Crippen LogP contribution in [0.1, 0.15) is 57.8 Å². The monoisotopic (exact) mass is 423 g/mol. The number of unbranched alkanes of at least 4 members (excludes halogenated alkanes) is 7. The summed E-state index contributed by atoms with van der Waals surface area (Å²) in [6.45, 7) is -0.170. The van der Waals surface area contributed by atoms with Gasteiger partial charge < -0.3 is 35.2 Å². The summed E-state index contributed by atoms with van der Waals surface area (Å²) in [5, 5.41) is 41.1. The van der Waals surface area contributed by atoms with Crippen molar-refractivity contribution >= 4 is 18.5 Å². The number of nitrogens with one attached hydrogen (secondary N) is 1. The number of carbonyl (C=O) groups is 1. The average molecular weight is 424 g/mol. The highest BCUT2D eigenvalue weighted by molar-refractivity contribution is 7.80. The van der Waals surface area contributed by atoms with Crippen molar-refractivity contribution < 1.29 is 34.7 Å². The third kappa shape index (κ3) is 9.87. The molecule has 5 atom stereocenters. The molecule has 0 unspecified atom stereocenters. The van der Waals surface area contributed by atoms with Crippen molar-refractivity contribution in [3.8, 4) is 0 Å². The van der Waals surface area contributed by atoms with E-state index in [-0.39, 0.29) is 19.1 Å². The number of rotatable bonds is 15. The van der Waals surface area contributed by atoms with E-state index in [4.69, 9.17) is 14.6 Å². The van der Waals surface area contributed by atoms with E-state index in [1.807, 2.05) is 0 Å².